The van der Waals surface area contributed by atoms with Gasteiger partial charge < -0.3 is 64.2 Å². The molecule has 2 rings (SSSR count). The summed E-state index contributed by atoms with van der Waals surface area (Å²) in [5.74, 6) is -0.363. The summed E-state index contributed by atoms with van der Waals surface area (Å²) >= 11 is 0. The number of unbranched alkanes of at least 4 members (excludes halogenated alkanes) is 47. The summed E-state index contributed by atoms with van der Waals surface area (Å²) in [7, 11) is 0. The van der Waals surface area contributed by atoms with Gasteiger partial charge in [-0.05, 0) is 12.8 Å². The van der Waals surface area contributed by atoms with Gasteiger partial charge in [0.1, 0.15) is 54.9 Å². The van der Waals surface area contributed by atoms with E-state index in [0.717, 1.165) is 44.9 Å². The second-order valence-corrected chi connectivity index (χ2v) is 25.4. The van der Waals surface area contributed by atoms with Gasteiger partial charge in [-0.2, -0.15) is 0 Å². The van der Waals surface area contributed by atoms with Gasteiger partial charge in [0, 0.05) is 13.0 Å². The molecule has 11 unspecified atom stereocenters. The molecular weight excluding hydrogens is 1050 g/mol. The van der Waals surface area contributed by atoms with Crippen molar-refractivity contribution in [1.82, 2.24) is 0 Å². The Hall–Kier alpha value is -1.01. The third-order valence-corrected chi connectivity index (χ3v) is 17.6. The molecule has 0 aromatic heterocycles. The first-order valence-electron chi connectivity index (χ1n) is 35.6. The fraction of sp³-hybridized carbons (Fsp3) is 0.986. The first-order valence-corrected chi connectivity index (χ1v) is 35.6. The van der Waals surface area contributed by atoms with Crippen molar-refractivity contribution in [1.29, 1.82) is 0 Å². The van der Waals surface area contributed by atoms with Gasteiger partial charge >= 0.3 is 5.97 Å². The van der Waals surface area contributed by atoms with Crippen LogP contribution in [0.15, 0.2) is 0 Å². The Kier molecular flexibility index (Phi) is 52.9. The minimum Gasteiger partial charge on any atom is -0.457 e. The van der Waals surface area contributed by atoms with E-state index < -0.39 is 80.7 Å². The van der Waals surface area contributed by atoms with E-state index in [1.165, 1.54) is 270 Å². The molecule has 11 atom stereocenters. The van der Waals surface area contributed by atoms with Crippen molar-refractivity contribution in [3.63, 3.8) is 0 Å². The lowest BCUT2D eigenvalue weighted by Gasteiger charge is -2.42. The first-order chi connectivity index (χ1) is 40.6. The van der Waals surface area contributed by atoms with Crippen molar-refractivity contribution < 1.29 is 69.0 Å². The van der Waals surface area contributed by atoms with Crippen LogP contribution in [0.2, 0.25) is 0 Å². The molecule has 0 amide bonds. The lowest BCUT2D eigenvalue weighted by atomic mass is 9.98. The number of rotatable bonds is 61. The third-order valence-electron chi connectivity index (χ3n) is 17.6. The minimum atomic E-state index is -1.70. The molecule has 2 aliphatic rings. The van der Waals surface area contributed by atoms with Gasteiger partial charge in [0.2, 0.25) is 0 Å². The molecule has 0 aromatic rings. The van der Waals surface area contributed by atoms with Crippen molar-refractivity contribution in [2.24, 2.45) is 0 Å². The van der Waals surface area contributed by atoms with E-state index in [1.807, 2.05) is 0 Å². The zero-order chi connectivity index (χ0) is 60.1. The summed E-state index contributed by atoms with van der Waals surface area (Å²) < 4.78 is 34.6. The van der Waals surface area contributed by atoms with Gasteiger partial charge in [-0.3, -0.25) is 4.79 Å². The number of carbonyl (C=O) groups excluding carboxylic acids is 1. The van der Waals surface area contributed by atoms with Crippen molar-refractivity contribution in [2.45, 2.75) is 402 Å². The van der Waals surface area contributed by atoms with E-state index in [2.05, 4.69) is 13.8 Å². The maximum Gasteiger partial charge on any atom is 0.306 e. The summed E-state index contributed by atoms with van der Waals surface area (Å²) in [6.45, 7) is 3.80. The number of hydrogen-bond acceptors (Lipinski definition) is 14. The summed E-state index contributed by atoms with van der Waals surface area (Å²) in [6, 6.07) is 0. The zero-order valence-electron chi connectivity index (χ0n) is 53.7. The van der Waals surface area contributed by atoms with Crippen LogP contribution in [0, 0.1) is 0 Å². The largest absolute Gasteiger partial charge is 0.457 e. The van der Waals surface area contributed by atoms with Crippen molar-refractivity contribution in [3.05, 3.63) is 0 Å². The normalized spacial score (nSPS) is 23.3. The quantitative estimate of drug-likeness (QED) is 0.0223. The van der Waals surface area contributed by atoms with Crippen molar-refractivity contribution in [3.8, 4) is 0 Å². The summed E-state index contributed by atoms with van der Waals surface area (Å²) in [5.41, 5.74) is 0. The van der Waals surface area contributed by atoms with Gasteiger partial charge in [-0.1, -0.05) is 316 Å². The number of aliphatic hydroxyl groups excluding tert-OH is 7. The molecule has 0 aromatic carbocycles. The van der Waals surface area contributed by atoms with E-state index in [-0.39, 0.29) is 25.6 Å². The molecule has 14 heteroatoms. The first kappa shape index (κ1) is 78.1. The van der Waals surface area contributed by atoms with E-state index in [0.29, 0.717) is 6.61 Å². The fourth-order valence-corrected chi connectivity index (χ4v) is 11.9. The van der Waals surface area contributed by atoms with E-state index >= 15 is 0 Å². The molecule has 0 saturated carbocycles. The van der Waals surface area contributed by atoms with Gasteiger partial charge in [0.15, 0.2) is 12.6 Å². The van der Waals surface area contributed by atoms with Crippen molar-refractivity contribution in [2.75, 3.05) is 33.0 Å². The molecule has 14 nitrogen and oxygen atoms in total. The van der Waals surface area contributed by atoms with Crippen LogP contribution >= 0.6 is 0 Å². The predicted molar refractivity (Wildman–Crippen MR) is 335 cm³/mol. The fourth-order valence-electron chi connectivity index (χ4n) is 11.9. The average molecular weight is 1190 g/mol. The average Bonchev–Trinajstić information content (AvgIpc) is 3.67. The number of ether oxygens (including phenoxy) is 6. The smallest absolute Gasteiger partial charge is 0.306 e. The molecule has 2 fully saturated rings. The van der Waals surface area contributed by atoms with Gasteiger partial charge in [-0.15, -0.1) is 0 Å². The topological polar surface area (TPSA) is 214 Å². The number of hydrogen-bond donors (Lipinski definition) is 7. The Labute approximate surface area is 508 Å². The molecular formula is C69H134O14. The highest BCUT2D eigenvalue weighted by Crippen LogP contribution is 2.27. The molecule has 0 spiro atoms. The van der Waals surface area contributed by atoms with Gasteiger partial charge in [0.25, 0.3) is 0 Å². The maximum atomic E-state index is 13.2. The third kappa shape index (κ3) is 41.8. The Bertz CT molecular complexity index is 1380. The van der Waals surface area contributed by atoms with Crippen LogP contribution in [0.5, 0.6) is 0 Å². The second kappa shape index (κ2) is 56.2. The summed E-state index contributed by atoms with van der Waals surface area (Å²) in [4.78, 5) is 13.2. The molecule has 494 valence electrons. The lowest BCUT2D eigenvalue weighted by Crippen LogP contribution is -2.61. The monoisotopic (exact) mass is 1190 g/mol. The van der Waals surface area contributed by atoms with Gasteiger partial charge in [-0.25, -0.2) is 0 Å². The molecule has 2 heterocycles. The van der Waals surface area contributed by atoms with Crippen LogP contribution in [-0.2, 0) is 33.2 Å². The number of carbonyl (C=O) groups is 1. The highest BCUT2D eigenvalue weighted by atomic mass is 16.7. The molecule has 83 heavy (non-hydrogen) atoms. The highest BCUT2D eigenvalue weighted by Gasteiger charge is 2.47. The SMILES string of the molecule is CCCCCCCCCCCCCCCCCCCCCCCCCCCC(=O)OC(COCCCCCCCCCCCCCCCCCCCCCCCCCC)COC1OC(COC2OC(CO)C(O)C(O)C2O)C(O)C(O)C1O. The Morgan fingerprint density at radius 3 is 0.976 bits per heavy atom. The molecule has 2 saturated heterocycles. The second-order valence-electron chi connectivity index (χ2n) is 25.4. The standard InChI is InChI=1S/C69H134O14/c1-3-5-7-9-11-13-15-17-19-21-23-25-27-29-30-32-34-36-38-40-42-44-46-48-50-52-61(71)81-58(56-79-68-67(77)65(75)63(73)60(83-68)57-80-69-66(76)64(74)62(72)59(54-70)82-69)55-78-53-51-49-47-45-43-41-39-37-35-33-31-28-26-24-22-20-18-16-14-12-10-8-6-4-2/h58-60,62-70,72-77H,3-57H2,1-2H3. The molecule has 0 radical (unpaired) electrons. The zero-order valence-corrected chi connectivity index (χ0v) is 53.7. The molecule has 0 aliphatic carbocycles. The predicted octanol–water partition coefficient (Wildman–Crippen LogP) is 15.1. The molecule has 2 aliphatic heterocycles. The van der Waals surface area contributed by atoms with Gasteiger partial charge in [0.05, 0.1) is 26.4 Å². The molecule has 7 N–H and O–H groups in total. The number of aliphatic hydroxyl groups is 7. The Balaban J connectivity index is 1.62. The molecule has 0 bridgehead atoms. The van der Waals surface area contributed by atoms with E-state index in [4.69, 9.17) is 28.4 Å². The van der Waals surface area contributed by atoms with Crippen molar-refractivity contribution >= 4 is 5.97 Å². The van der Waals surface area contributed by atoms with E-state index in [9.17, 15) is 40.5 Å². The van der Waals surface area contributed by atoms with Crippen LogP contribution in [0.4, 0.5) is 0 Å². The van der Waals surface area contributed by atoms with Crippen LogP contribution in [0.1, 0.15) is 335 Å². The lowest BCUT2D eigenvalue weighted by molar-refractivity contribution is -0.332. The van der Waals surface area contributed by atoms with Crippen LogP contribution in [0.3, 0.4) is 0 Å². The summed E-state index contributed by atoms with van der Waals surface area (Å²) in [5, 5.41) is 72.6. The number of esters is 1. The minimum absolute atomic E-state index is 0.0716. The summed E-state index contributed by atoms with van der Waals surface area (Å²) in [6.07, 6.45) is 49.0. The van der Waals surface area contributed by atoms with Crippen LogP contribution in [-0.4, -0.2) is 142 Å². The highest BCUT2D eigenvalue weighted by molar-refractivity contribution is 5.69. The van der Waals surface area contributed by atoms with Crippen LogP contribution in [0.25, 0.3) is 0 Å². The van der Waals surface area contributed by atoms with E-state index in [1.54, 1.807) is 0 Å². The maximum absolute atomic E-state index is 13.2. The Morgan fingerprint density at radius 2 is 0.639 bits per heavy atom. The van der Waals surface area contributed by atoms with Crippen LogP contribution < -0.4 is 0 Å². The Morgan fingerprint density at radius 1 is 0.349 bits per heavy atom.